The first-order valence-corrected chi connectivity index (χ1v) is 9.11. The summed E-state index contributed by atoms with van der Waals surface area (Å²) in [6.45, 7) is 6.06. The van der Waals surface area contributed by atoms with E-state index in [0.717, 1.165) is 22.4 Å². The van der Waals surface area contributed by atoms with Gasteiger partial charge in [0.2, 0.25) is 0 Å². The van der Waals surface area contributed by atoms with Gasteiger partial charge in [-0.15, -0.1) is 0 Å². The van der Waals surface area contributed by atoms with E-state index in [9.17, 15) is 9.59 Å². The summed E-state index contributed by atoms with van der Waals surface area (Å²) in [5.41, 5.74) is 5.14. The Kier molecular flexibility index (Phi) is 5.59. The lowest BCUT2D eigenvalue weighted by Crippen LogP contribution is -2.24. The quantitative estimate of drug-likeness (QED) is 0.715. The highest BCUT2D eigenvalue weighted by molar-refractivity contribution is 6.05. The van der Waals surface area contributed by atoms with E-state index in [1.165, 1.54) is 0 Å². The van der Waals surface area contributed by atoms with Gasteiger partial charge in [0.05, 0.1) is 5.69 Å². The van der Waals surface area contributed by atoms with Crippen molar-refractivity contribution in [1.29, 1.82) is 0 Å². The smallest absolute Gasteiger partial charge is 0.274 e. The van der Waals surface area contributed by atoms with Gasteiger partial charge >= 0.3 is 0 Å². The minimum atomic E-state index is -0.250. The number of aromatic nitrogens is 2. The molecular weight excluding hydrogens is 352 g/mol. The van der Waals surface area contributed by atoms with Gasteiger partial charge in [0.25, 0.3) is 11.8 Å². The summed E-state index contributed by atoms with van der Waals surface area (Å²) >= 11 is 0. The van der Waals surface area contributed by atoms with Crippen LogP contribution in [0.25, 0.3) is 0 Å². The standard InChI is InChI=1S/C22H24N4O2/c1-14-10-11-18(24-22(28)20-15(2)16(3)25-26(20)4)12-19(14)21(27)23-13-17-8-6-5-7-9-17/h5-12H,13H2,1-4H3,(H,23,27)(H,24,28). The summed E-state index contributed by atoms with van der Waals surface area (Å²) in [5.74, 6) is -0.426. The maximum atomic E-state index is 12.7. The lowest BCUT2D eigenvalue weighted by molar-refractivity contribution is 0.0948. The first kappa shape index (κ1) is 19.4. The molecule has 0 unspecified atom stereocenters. The molecule has 3 aromatic rings. The largest absolute Gasteiger partial charge is 0.348 e. The van der Waals surface area contributed by atoms with Crippen LogP contribution in [0.4, 0.5) is 5.69 Å². The predicted octanol–water partition coefficient (Wildman–Crippen LogP) is 3.53. The van der Waals surface area contributed by atoms with Crippen molar-refractivity contribution < 1.29 is 9.59 Å². The molecule has 0 aliphatic carbocycles. The van der Waals surface area contributed by atoms with Crippen LogP contribution < -0.4 is 10.6 Å². The highest BCUT2D eigenvalue weighted by Gasteiger charge is 2.18. The molecule has 0 radical (unpaired) electrons. The van der Waals surface area contributed by atoms with E-state index >= 15 is 0 Å². The van der Waals surface area contributed by atoms with Crippen LogP contribution in [0.5, 0.6) is 0 Å². The van der Waals surface area contributed by atoms with Gasteiger partial charge in [0, 0.05) is 30.4 Å². The summed E-state index contributed by atoms with van der Waals surface area (Å²) in [7, 11) is 1.74. The Balaban J connectivity index is 1.75. The van der Waals surface area contributed by atoms with Gasteiger partial charge < -0.3 is 10.6 Å². The van der Waals surface area contributed by atoms with Crippen molar-refractivity contribution in [3.63, 3.8) is 0 Å². The first-order valence-electron chi connectivity index (χ1n) is 9.11. The fourth-order valence-electron chi connectivity index (χ4n) is 3.09. The number of nitrogens with zero attached hydrogens (tertiary/aromatic N) is 2. The fourth-order valence-corrected chi connectivity index (χ4v) is 3.09. The number of anilines is 1. The molecule has 0 fully saturated rings. The Morgan fingerprint density at radius 3 is 2.36 bits per heavy atom. The van der Waals surface area contributed by atoms with E-state index in [0.29, 0.717) is 23.5 Å². The third-order valence-electron chi connectivity index (χ3n) is 4.77. The molecular formula is C22H24N4O2. The van der Waals surface area contributed by atoms with Gasteiger partial charge in [-0.05, 0) is 44.0 Å². The molecule has 6 nitrogen and oxygen atoms in total. The predicted molar refractivity (Wildman–Crippen MR) is 109 cm³/mol. The molecule has 0 aliphatic heterocycles. The van der Waals surface area contributed by atoms with Crippen molar-refractivity contribution >= 4 is 17.5 Å². The summed E-state index contributed by atoms with van der Waals surface area (Å²) in [4.78, 5) is 25.3. The molecule has 2 amide bonds. The molecule has 0 aliphatic rings. The third kappa shape index (κ3) is 4.11. The molecule has 0 saturated carbocycles. The molecule has 28 heavy (non-hydrogen) atoms. The zero-order valence-corrected chi connectivity index (χ0v) is 16.5. The molecule has 0 bridgehead atoms. The minimum Gasteiger partial charge on any atom is -0.348 e. The third-order valence-corrected chi connectivity index (χ3v) is 4.77. The molecule has 0 atom stereocenters. The lowest BCUT2D eigenvalue weighted by Gasteiger charge is -2.11. The van der Waals surface area contributed by atoms with E-state index in [2.05, 4.69) is 15.7 Å². The van der Waals surface area contributed by atoms with E-state index in [1.54, 1.807) is 23.9 Å². The molecule has 0 spiro atoms. The molecule has 2 aromatic carbocycles. The number of benzene rings is 2. The molecule has 144 valence electrons. The highest BCUT2D eigenvalue weighted by Crippen LogP contribution is 2.18. The van der Waals surface area contributed by atoms with Crippen molar-refractivity contribution in [3.8, 4) is 0 Å². The fraction of sp³-hybridized carbons (Fsp3) is 0.227. The number of nitrogens with one attached hydrogen (secondary N) is 2. The Bertz CT molecular complexity index is 1020. The maximum absolute atomic E-state index is 12.7. The zero-order valence-electron chi connectivity index (χ0n) is 16.5. The van der Waals surface area contributed by atoms with Crippen LogP contribution in [0.2, 0.25) is 0 Å². The van der Waals surface area contributed by atoms with Gasteiger partial charge in [0.1, 0.15) is 5.69 Å². The van der Waals surface area contributed by atoms with Crippen molar-refractivity contribution in [2.24, 2.45) is 7.05 Å². The average molecular weight is 376 g/mol. The number of carbonyl (C=O) groups excluding carboxylic acids is 2. The maximum Gasteiger partial charge on any atom is 0.274 e. The van der Waals surface area contributed by atoms with Crippen LogP contribution in [0, 0.1) is 20.8 Å². The van der Waals surface area contributed by atoms with Crippen LogP contribution in [-0.2, 0) is 13.6 Å². The topological polar surface area (TPSA) is 76.0 Å². The van der Waals surface area contributed by atoms with Gasteiger partial charge in [-0.3, -0.25) is 14.3 Å². The normalized spacial score (nSPS) is 10.6. The molecule has 3 rings (SSSR count). The second-order valence-electron chi connectivity index (χ2n) is 6.83. The SMILES string of the molecule is Cc1ccc(NC(=O)c2c(C)c(C)nn2C)cc1C(=O)NCc1ccccc1. The summed E-state index contributed by atoms with van der Waals surface area (Å²) < 4.78 is 1.57. The number of rotatable bonds is 5. The Hall–Kier alpha value is -3.41. The number of hydrogen-bond acceptors (Lipinski definition) is 3. The summed E-state index contributed by atoms with van der Waals surface area (Å²) in [6.07, 6.45) is 0. The molecule has 1 aromatic heterocycles. The average Bonchev–Trinajstić information content (AvgIpc) is 2.94. The summed E-state index contributed by atoms with van der Waals surface area (Å²) in [6, 6.07) is 15.0. The van der Waals surface area contributed by atoms with Crippen LogP contribution >= 0.6 is 0 Å². The van der Waals surface area contributed by atoms with Crippen LogP contribution in [-0.4, -0.2) is 21.6 Å². The number of carbonyl (C=O) groups is 2. The Morgan fingerprint density at radius 1 is 1.00 bits per heavy atom. The monoisotopic (exact) mass is 376 g/mol. The number of hydrogen-bond donors (Lipinski definition) is 2. The zero-order chi connectivity index (χ0) is 20.3. The van der Waals surface area contributed by atoms with Gasteiger partial charge in [-0.25, -0.2) is 0 Å². The van der Waals surface area contributed by atoms with Crippen molar-refractivity contribution in [3.05, 3.63) is 82.2 Å². The van der Waals surface area contributed by atoms with Gasteiger partial charge in [0.15, 0.2) is 0 Å². The Labute approximate surface area is 164 Å². The molecule has 1 heterocycles. The van der Waals surface area contributed by atoms with E-state index in [1.807, 2.05) is 57.2 Å². The Morgan fingerprint density at radius 2 is 1.71 bits per heavy atom. The molecule has 2 N–H and O–H groups in total. The first-order chi connectivity index (χ1) is 13.4. The van der Waals surface area contributed by atoms with Crippen LogP contribution in [0.1, 0.15) is 43.2 Å². The lowest BCUT2D eigenvalue weighted by atomic mass is 10.1. The van der Waals surface area contributed by atoms with Crippen molar-refractivity contribution in [2.75, 3.05) is 5.32 Å². The highest BCUT2D eigenvalue weighted by atomic mass is 16.2. The van der Waals surface area contributed by atoms with Crippen LogP contribution in [0.3, 0.4) is 0 Å². The number of amides is 2. The van der Waals surface area contributed by atoms with Gasteiger partial charge in [-0.1, -0.05) is 36.4 Å². The second kappa shape index (κ2) is 8.08. The summed E-state index contributed by atoms with van der Waals surface area (Å²) in [5, 5.41) is 10.1. The van der Waals surface area contributed by atoms with Crippen molar-refractivity contribution in [2.45, 2.75) is 27.3 Å². The molecule has 0 saturated heterocycles. The van der Waals surface area contributed by atoms with Crippen LogP contribution in [0.15, 0.2) is 48.5 Å². The van der Waals surface area contributed by atoms with E-state index in [-0.39, 0.29) is 11.8 Å². The second-order valence-corrected chi connectivity index (χ2v) is 6.83. The van der Waals surface area contributed by atoms with E-state index in [4.69, 9.17) is 0 Å². The van der Waals surface area contributed by atoms with Gasteiger partial charge in [-0.2, -0.15) is 5.10 Å². The number of aryl methyl sites for hydroxylation is 3. The minimum absolute atomic E-state index is 0.176. The molecule has 6 heteroatoms. The van der Waals surface area contributed by atoms with E-state index < -0.39 is 0 Å². The van der Waals surface area contributed by atoms with Crippen molar-refractivity contribution in [1.82, 2.24) is 15.1 Å².